The number of hydrogen-bond acceptors (Lipinski definition) is 4. The van der Waals surface area contributed by atoms with Gasteiger partial charge in [-0.15, -0.1) is 0 Å². The van der Waals surface area contributed by atoms with Crippen LogP contribution in [-0.2, 0) is 9.84 Å². The predicted octanol–water partition coefficient (Wildman–Crippen LogP) is 4.01. The van der Waals surface area contributed by atoms with E-state index in [1.807, 2.05) is 12.1 Å². The summed E-state index contributed by atoms with van der Waals surface area (Å²) in [6.07, 6.45) is 6.56. The van der Waals surface area contributed by atoms with Crippen molar-refractivity contribution < 1.29 is 13.2 Å². The average Bonchev–Trinajstić information content (AvgIpc) is 3.35. The van der Waals surface area contributed by atoms with Crippen LogP contribution in [0.1, 0.15) is 43.6 Å². The van der Waals surface area contributed by atoms with Gasteiger partial charge >= 0.3 is 0 Å². The second kappa shape index (κ2) is 6.64. The number of piperidine rings is 1. The summed E-state index contributed by atoms with van der Waals surface area (Å²) in [4.78, 5) is 3.24. The third kappa shape index (κ3) is 2.97. The molecule has 0 bridgehead atoms. The monoisotopic (exact) mass is 383 g/mol. The van der Waals surface area contributed by atoms with Crippen LogP contribution in [0.25, 0.3) is 0 Å². The molecule has 0 N–H and O–H groups in total. The largest absolute Gasteiger partial charge is 0.488 e. The lowest BCUT2D eigenvalue weighted by Gasteiger charge is -2.37. The number of benzene rings is 2. The van der Waals surface area contributed by atoms with Gasteiger partial charge < -0.3 is 4.74 Å². The molecule has 2 aromatic carbocycles. The molecule has 2 heterocycles. The summed E-state index contributed by atoms with van der Waals surface area (Å²) in [7, 11) is -3.51. The molecule has 0 radical (unpaired) electrons. The van der Waals surface area contributed by atoms with Crippen molar-refractivity contribution in [3.63, 3.8) is 0 Å². The smallest absolute Gasteiger partial charge is 0.206 e. The van der Waals surface area contributed by atoms with Gasteiger partial charge in [-0.05, 0) is 50.1 Å². The molecule has 0 amide bonds. The van der Waals surface area contributed by atoms with E-state index in [0.717, 1.165) is 25.3 Å². The minimum Gasteiger partial charge on any atom is -0.488 e. The van der Waals surface area contributed by atoms with E-state index in [-0.39, 0.29) is 6.10 Å². The first kappa shape index (κ1) is 17.3. The van der Waals surface area contributed by atoms with Crippen LogP contribution in [0.15, 0.2) is 58.3 Å². The van der Waals surface area contributed by atoms with Crippen molar-refractivity contribution in [3.8, 4) is 5.75 Å². The van der Waals surface area contributed by atoms with E-state index in [1.54, 1.807) is 36.4 Å². The Balaban J connectivity index is 1.40. The number of hydrogen-bond donors (Lipinski definition) is 0. The SMILES string of the molecule is O=S(=O)(c1ccccc1)c1ccc2c(c1)OC1CN(C3CCCC3)CCC21. The fourth-order valence-corrected chi connectivity index (χ4v) is 6.30. The minimum absolute atomic E-state index is 0.157. The van der Waals surface area contributed by atoms with Crippen LogP contribution in [0, 0.1) is 0 Å². The lowest BCUT2D eigenvalue weighted by atomic mass is 9.88. The Labute approximate surface area is 161 Å². The summed E-state index contributed by atoms with van der Waals surface area (Å²) in [5.74, 6) is 1.15. The zero-order chi connectivity index (χ0) is 18.4. The van der Waals surface area contributed by atoms with Gasteiger partial charge in [0.2, 0.25) is 9.84 Å². The third-order valence-electron chi connectivity index (χ3n) is 6.46. The van der Waals surface area contributed by atoms with E-state index in [1.165, 1.54) is 31.2 Å². The van der Waals surface area contributed by atoms with Crippen molar-refractivity contribution in [2.24, 2.45) is 0 Å². The third-order valence-corrected chi connectivity index (χ3v) is 8.23. The van der Waals surface area contributed by atoms with E-state index < -0.39 is 9.84 Å². The van der Waals surface area contributed by atoms with Gasteiger partial charge in [0, 0.05) is 24.1 Å². The second-order valence-corrected chi connectivity index (χ2v) is 9.95. The van der Waals surface area contributed by atoms with E-state index in [2.05, 4.69) is 4.90 Å². The fraction of sp³-hybridized carbons (Fsp3) is 0.455. The van der Waals surface area contributed by atoms with Crippen molar-refractivity contribution in [1.82, 2.24) is 4.90 Å². The van der Waals surface area contributed by atoms with Crippen molar-refractivity contribution in [2.45, 2.75) is 60.0 Å². The molecule has 2 unspecified atom stereocenters. The highest BCUT2D eigenvalue weighted by Crippen LogP contribution is 2.45. The molecular formula is C22H25NO3S. The maximum atomic E-state index is 12.9. The second-order valence-electron chi connectivity index (χ2n) is 8.00. The summed E-state index contributed by atoms with van der Waals surface area (Å²) in [6.45, 7) is 2.09. The molecule has 1 saturated carbocycles. The highest BCUT2D eigenvalue weighted by molar-refractivity contribution is 7.91. The molecule has 5 heteroatoms. The maximum Gasteiger partial charge on any atom is 0.206 e. The molecule has 2 fully saturated rings. The van der Waals surface area contributed by atoms with Crippen LogP contribution in [0.2, 0.25) is 0 Å². The first-order chi connectivity index (χ1) is 13.1. The van der Waals surface area contributed by atoms with Crippen molar-refractivity contribution in [1.29, 1.82) is 0 Å². The Hall–Kier alpha value is -1.85. The Morgan fingerprint density at radius 3 is 2.48 bits per heavy atom. The van der Waals surface area contributed by atoms with E-state index in [4.69, 9.17) is 4.74 Å². The summed E-state index contributed by atoms with van der Waals surface area (Å²) in [5.41, 5.74) is 1.18. The van der Waals surface area contributed by atoms with Gasteiger partial charge in [0.15, 0.2) is 0 Å². The molecule has 2 atom stereocenters. The van der Waals surface area contributed by atoms with E-state index >= 15 is 0 Å². The van der Waals surface area contributed by atoms with Crippen LogP contribution >= 0.6 is 0 Å². The number of fused-ring (bicyclic) bond motifs is 3. The van der Waals surface area contributed by atoms with Gasteiger partial charge in [0.05, 0.1) is 9.79 Å². The van der Waals surface area contributed by atoms with Crippen LogP contribution < -0.4 is 4.74 Å². The summed E-state index contributed by atoms with van der Waals surface area (Å²) in [5, 5.41) is 0. The topological polar surface area (TPSA) is 46.6 Å². The Kier molecular flexibility index (Phi) is 4.25. The fourth-order valence-electron chi connectivity index (χ4n) is 5.01. The van der Waals surface area contributed by atoms with Crippen LogP contribution in [0.3, 0.4) is 0 Å². The summed E-state index contributed by atoms with van der Waals surface area (Å²) < 4.78 is 32.1. The average molecular weight is 384 g/mol. The Morgan fingerprint density at radius 1 is 0.926 bits per heavy atom. The standard InChI is InChI=1S/C22H25NO3S/c24-27(25,17-8-2-1-3-9-17)18-10-11-19-20-12-13-23(16-6-4-5-7-16)15-22(20)26-21(19)14-18/h1-3,8-11,14,16,20,22H,4-7,12-13,15H2. The predicted molar refractivity (Wildman–Crippen MR) is 104 cm³/mol. The van der Waals surface area contributed by atoms with Crippen LogP contribution in [0.4, 0.5) is 0 Å². The van der Waals surface area contributed by atoms with Gasteiger partial charge in [0.25, 0.3) is 0 Å². The van der Waals surface area contributed by atoms with Gasteiger partial charge in [-0.25, -0.2) is 8.42 Å². The Bertz CT molecular complexity index is 935. The number of ether oxygens (including phenoxy) is 1. The number of sulfone groups is 1. The molecule has 1 saturated heterocycles. The number of rotatable bonds is 3. The quantitative estimate of drug-likeness (QED) is 0.803. The molecule has 5 rings (SSSR count). The molecule has 1 aliphatic carbocycles. The summed E-state index contributed by atoms with van der Waals surface area (Å²) >= 11 is 0. The molecule has 0 spiro atoms. The van der Waals surface area contributed by atoms with Gasteiger partial charge in [-0.2, -0.15) is 0 Å². The lowest BCUT2D eigenvalue weighted by Crippen LogP contribution is -2.47. The first-order valence-corrected chi connectivity index (χ1v) is 11.5. The molecule has 3 aliphatic rings. The molecule has 2 aromatic rings. The normalized spacial score (nSPS) is 25.8. The number of nitrogens with zero attached hydrogens (tertiary/aromatic N) is 1. The highest BCUT2D eigenvalue weighted by atomic mass is 32.2. The molecule has 142 valence electrons. The molecule has 2 aliphatic heterocycles. The number of likely N-dealkylation sites (tertiary alicyclic amines) is 1. The first-order valence-electron chi connectivity index (χ1n) is 9.98. The van der Waals surface area contributed by atoms with Crippen molar-refractivity contribution in [3.05, 3.63) is 54.1 Å². The zero-order valence-corrected chi connectivity index (χ0v) is 16.2. The summed E-state index contributed by atoms with van der Waals surface area (Å²) in [6, 6.07) is 14.8. The lowest BCUT2D eigenvalue weighted by molar-refractivity contribution is 0.0648. The molecule has 27 heavy (non-hydrogen) atoms. The molecule has 0 aromatic heterocycles. The molecule has 4 nitrogen and oxygen atoms in total. The molecular weight excluding hydrogens is 358 g/mol. The highest BCUT2D eigenvalue weighted by Gasteiger charge is 2.41. The van der Waals surface area contributed by atoms with Crippen molar-refractivity contribution >= 4 is 9.84 Å². The van der Waals surface area contributed by atoms with E-state index in [0.29, 0.717) is 21.8 Å². The minimum atomic E-state index is -3.51. The van der Waals surface area contributed by atoms with Gasteiger partial charge in [-0.1, -0.05) is 37.1 Å². The van der Waals surface area contributed by atoms with E-state index in [9.17, 15) is 8.42 Å². The maximum absolute atomic E-state index is 12.9. The van der Waals surface area contributed by atoms with Crippen LogP contribution in [-0.4, -0.2) is 38.6 Å². The zero-order valence-electron chi connectivity index (χ0n) is 15.4. The Morgan fingerprint density at radius 2 is 1.70 bits per heavy atom. The van der Waals surface area contributed by atoms with Crippen LogP contribution in [0.5, 0.6) is 5.75 Å². The van der Waals surface area contributed by atoms with Gasteiger partial charge in [0.1, 0.15) is 11.9 Å². The van der Waals surface area contributed by atoms with Crippen molar-refractivity contribution in [2.75, 3.05) is 13.1 Å². The van der Waals surface area contributed by atoms with Gasteiger partial charge in [-0.3, -0.25) is 4.90 Å².